The Kier molecular flexibility index (Phi) is 3.77. The molecule has 0 fully saturated rings. The van der Waals surface area contributed by atoms with E-state index in [9.17, 15) is 0 Å². The van der Waals surface area contributed by atoms with E-state index in [-0.39, 0.29) is 0 Å². The fourth-order valence-corrected chi connectivity index (χ4v) is 1.74. The van der Waals surface area contributed by atoms with Crippen LogP contribution in [-0.4, -0.2) is 0 Å². The minimum Gasteiger partial charge on any atom is -0.381 e. The second-order valence-corrected chi connectivity index (χ2v) is 3.82. The summed E-state index contributed by atoms with van der Waals surface area (Å²) in [4.78, 5) is 0. The first kappa shape index (κ1) is 11.2. The molecule has 2 aromatic rings. The molecule has 0 aliphatic carbocycles. The highest BCUT2D eigenvalue weighted by Gasteiger charge is 2.00. The average molecular weight is 222 g/mol. The standard InChI is InChI=1S/C15H14N2/c16-11-10-13-6-4-5-7-14(13)12-17-15-8-2-1-3-9-15/h1-9,17H,10,12H2. The fraction of sp³-hybridized carbons (Fsp3) is 0.133. The molecule has 0 atom stereocenters. The maximum Gasteiger partial charge on any atom is 0.0669 e. The van der Waals surface area contributed by atoms with Crippen LogP contribution >= 0.6 is 0 Å². The van der Waals surface area contributed by atoms with Gasteiger partial charge in [-0.2, -0.15) is 5.26 Å². The Morgan fingerprint density at radius 3 is 2.24 bits per heavy atom. The lowest BCUT2D eigenvalue weighted by molar-refractivity contribution is 1.09. The maximum absolute atomic E-state index is 8.76. The predicted octanol–water partition coefficient (Wildman–Crippen LogP) is 3.36. The number of benzene rings is 2. The molecule has 2 rings (SSSR count). The summed E-state index contributed by atoms with van der Waals surface area (Å²) in [6.45, 7) is 0.752. The van der Waals surface area contributed by atoms with E-state index in [1.165, 1.54) is 5.56 Å². The molecule has 0 aliphatic rings. The molecule has 2 aromatic carbocycles. The first-order valence-corrected chi connectivity index (χ1v) is 5.63. The molecule has 0 amide bonds. The quantitative estimate of drug-likeness (QED) is 0.861. The second kappa shape index (κ2) is 5.72. The lowest BCUT2D eigenvalue weighted by atomic mass is 10.1. The Labute approximate surface area is 102 Å². The van der Waals surface area contributed by atoms with E-state index >= 15 is 0 Å². The van der Waals surface area contributed by atoms with Crippen LogP contribution in [0.25, 0.3) is 0 Å². The van der Waals surface area contributed by atoms with Crippen LogP contribution in [0.5, 0.6) is 0 Å². The van der Waals surface area contributed by atoms with E-state index in [1.807, 2.05) is 48.5 Å². The molecule has 0 radical (unpaired) electrons. The van der Waals surface area contributed by atoms with Crippen LogP contribution < -0.4 is 5.32 Å². The Hall–Kier alpha value is -2.27. The number of nitriles is 1. The van der Waals surface area contributed by atoms with Crippen molar-refractivity contribution in [2.24, 2.45) is 0 Å². The van der Waals surface area contributed by atoms with Gasteiger partial charge in [0.25, 0.3) is 0 Å². The Bertz CT molecular complexity index is 512. The zero-order valence-corrected chi connectivity index (χ0v) is 9.56. The first-order valence-electron chi connectivity index (χ1n) is 5.63. The highest BCUT2D eigenvalue weighted by atomic mass is 14.9. The molecule has 0 saturated heterocycles. The maximum atomic E-state index is 8.76. The van der Waals surface area contributed by atoms with Crippen LogP contribution in [0.2, 0.25) is 0 Å². The van der Waals surface area contributed by atoms with Crippen molar-refractivity contribution in [1.82, 2.24) is 0 Å². The van der Waals surface area contributed by atoms with Crippen LogP contribution in [0.1, 0.15) is 11.1 Å². The minimum absolute atomic E-state index is 0.465. The van der Waals surface area contributed by atoms with E-state index in [0.29, 0.717) is 6.42 Å². The van der Waals surface area contributed by atoms with Gasteiger partial charge in [-0.25, -0.2) is 0 Å². The SMILES string of the molecule is N#CCc1ccccc1CNc1ccccc1. The van der Waals surface area contributed by atoms with Crippen molar-refractivity contribution in [3.63, 3.8) is 0 Å². The van der Waals surface area contributed by atoms with Gasteiger partial charge in [-0.1, -0.05) is 42.5 Å². The number of rotatable bonds is 4. The van der Waals surface area contributed by atoms with Crippen molar-refractivity contribution in [2.75, 3.05) is 5.32 Å². The van der Waals surface area contributed by atoms with Gasteiger partial charge in [-0.3, -0.25) is 0 Å². The van der Waals surface area contributed by atoms with E-state index in [4.69, 9.17) is 5.26 Å². The molecule has 0 saturated carbocycles. The molecule has 0 unspecified atom stereocenters. The number of hydrogen-bond acceptors (Lipinski definition) is 2. The highest BCUT2D eigenvalue weighted by molar-refractivity contribution is 5.44. The third kappa shape index (κ3) is 3.09. The topological polar surface area (TPSA) is 35.8 Å². The normalized spacial score (nSPS) is 9.59. The smallest absolute Gasteiger partial charge is 0.0669 e. The number of hydrogen-bond donors (Lipinski definition) is 1. The molecule has 2 heteroatoms. The van der Waals surface area contributed by atoms with Gasteiger partial charge in [0.15, 0.2) is 0 Å². The zero-order valence-electron chi connectivity index (χ0n) is 9.56. The number of anilines is 1. The van der Waals surface area contributed by atoms with Gasteiger partial charge in [0.2, 0.25) is 0 Å². The van der Waals surface area contributed by atoms with Gasteiger partial charge in [0.05, 0.1) is 12.5 Å². The van der Waals surface area contributed by atoms with Gasteiger partial charge >= 0.3 is 0 Å². The third-order valence-electron chi connectivity index (χ3n) is 2.64. The van der Waals surface area contributed by atoms with Crippen molar-refractivity contribution in [3.8, 4) is 6.07 Å². The fourth-order valence-electron chi connectivity index (χ4n) is 1.74. The number of nitrogens with zero attached hydrogens (tertiary/aromatic N) is 1. The molecular formula is C15H14N2. The summed E-state index contributed by atoms with van der Waals surface area (Å²) in [5.74, 6) is 0. The molecule has 0 heterocycles. The van der Waals surface area contributed by atoms with Gasteiger partial charge < -0.3 is 5.32 Å². The lowest BCUT2D eigenvalue weighted by Crippen LogP contribution is -2.02. The zero-order chi connectivity index (χ0) is 11.9. The second-order valence-electron chi connectivity index (χ2n) is 3.82. The predicted molar refractivity (Wildman–Crippen MR) is 69.5 cm³/mol. The summed E-state index contributed by atoms with van der Waals surface area (Å²) in [6.07, 6.45) is 0.465. The van der Waals surface area contributed by atoms with Crippen molar-refractivity contribution in [3.05, 3.63) is 65.7 Å². The van der Waals surface area contributed by atoms with E-state index in [1.54, 1.807) is 0 Å². The molecule has 1 N–H and O–H groups in total. The molecule has 0 spiro atoms. The number of para-hydroxylation sites is 1. The molecule has 84 valence electrons. The van der Waals surface area contributed by atoms with Crippen LogP contribution in [0, 0.1) is 11.3 Å². The van der Waals surface area contributed by atoms with Gasteiger partial charge in [0, 0.05) is 12.2 Å². The first-order chi connectivity index (χ1) is 8.40. The van der Waals surface area contributed by atoms with E-state index < -0.39 is 0 Å². The third-order valence-corrected chi connectivity index (χ3v) is 2.64. The Balaban J connectivity index is 2.07. The summed E-state index contributed by atoms with van der Waals surface area (Å²) in [5.41, 5.74) is 3.37. The van der Waals surface area contributed by atoms with Gasteiger partial charge in [0.1, 0.15) is 0 Å². The molecule has 0 aromatic heterocycles. The largest absolute Gasteiger partial charge is 0.381 e. The van der Waals surface area contributed by atoms with E-state index in [2.05, 4.69) is 17.5 Å². The Morgan fingerprint density at radius 1 is 0.882 bits per heavy atom. The monoisotopic (exact) mass is 222 g/mol. The summed E-state index contributed by atoms with van der Waals surface area (Å²) >= 11 is 0. The van der Waals surface area contributed by atoms with Gasteiger partial charge in [-0.15, -0.1) is 0 Å². The molecule has 0 bridgehead atoms. The minimum atomic E-state index is 0.465. The van der Waals surface area contributed by atoms with Crippen LogP contribution in [0.15, 0.2) is 54.6 Å². The van der Waals surface area contributed by atoms with Crippen LogP contribution in [0.4, 0.5) is 5.69 Å². The molecule has 2 nitrogen and oxygen atoms in total. The van der Waals surface area contributed by atoms with E-state index in [0.717, 1.165) is 17.8 Å². The number of nitrogens with one attached hydrogen (secondary N) is 1. The van der Waals surface area contributed by atoms with Crippen LogP contribution in [-0.2, 0) is 13.0 Å². The lowest BCUT2D eigenvalue weighted by Gasteiger charge is -2.09. The highest BCUT2D eigenvalue weighted by Crippen LogP contribution is 2.12. The van der Waals surface area contributed by atoms with Crippen molar-refractivity contribution < 1.29 is 0 Å². The average Bonchev–Trinajstić information content (AvgIpc) is 2.39. The summed E-state index contributed by atoms with van der Waals surface area (Å²) in [6, 6.07) is 20.3. The van der Waals surface area contributed by atoms with Crippen molar-refractivity contribution in [2.45, 2.75) is 13.0 Å². The van der Waals surface area contributed by atoms with Crippen LogP contribution in [0.3, 0.4) is 0 Å². The molecule has 0 aliphatic heterocycles. The molecular weight excluding hydrogens is 208 g/mol. The summed E-state index contributed by atoms with van der Waals surface area (Å²) in [7, 11) is 0. The van der Waals surface area contributed by atoms with Crippen molar-refractivity contribution >= 4 is 5.69 Å². The van der Waals surface area contributed by atoms with Gasteiger partial charge in [-0.05, 0) is 23.3 Å². The summed E-state index contributed by atoms with van der Waals surface area (Å²) in [5, 5.41) is 12.1. The Morgan fingerprint density at radius 2 is 1.53 bits per heavy atom. The van der Waals surface area contributed by atoms with Crippen molar-refractivity contribution in [1.29, 1.82) is 5.26 Å². The molecule has 17 heavy (non-hydrogen) atoms. The summed E-state index contributed by atoms with van der Waals surface area (Å²) < 4.78 is 0.